The Morgan fingerprint density at radius 2 is 2.12 bits per heavy atom. The van der Waals surface area contributed by atoms with Crippen LogP contribution < -0.4 is 21.1 Å². The Morgan fingerprint density at radius 1 is 1.38 bits per heavy atom. The molecule has 1 aliphatic heterocycles. The zero-order chi connectivity index (χ0) is 17.5. The molecule has 0 saturated carbocycles. The van der Waals surface area contributed by atoms with E-state index in [0.29, 0.717) is 24.7 Å². The summed E-state index contributed by atoms with van der Waals surface area (Å²) in [5, 5.41) is 5.29. The van der Waals surface area contributed by atoms with Gasteiger partial charge in [-0.25, -0.2) is 0 Å². The van der Waals surface area contributed by atoms with Crippen molar-refractivity contribution in [3.05, 3.63) is 24.3 Å². The van der Waals surface area contributed by atoms with Gasteiger partial charge in [0, 0.05) is 6.42 Å². The summed E-state index contributed by atoms with van der Waals surface area (Å²) in [5.41, 5.74) is 6.31. The first kappa shape index (κ1) is 18.2. The molecular weight excluding hydrogens is 310 g/mol. The summed E-state index contributed by atoms with van der Waals surface area (Å²) in [5.74, 6) is -0.0757. The smallest absolute Gasteiger partial charge is 0.243 e. The lowest BCUT2D eigenvalue weighted by atomic mass is 10.1. The van der Waals surface area contributed by atoms with E-state index in [4.69, 9.17) is 15.2 Å². The predicted molar refractivity (Wildman–Crippen MR) is 90.7 cm³/mol. The second-order valence-corrected chi connectivity index (χ2v) is 6.14. The fourth-order valence-corrected chi connectivity index (χ4v) is 2.24. The second-order valence-electron chi connectivity index (χ2n) is 6.14. The summed E-state index contributed by atoms with van der Waals surface area (Å²) in [4.78, 5) is 23.8. The molecule has 7 nitrogen and oxygen atoms in total. The van der Waals surface area contributed by atoms with E-state index in [-0.39, 0.29) is 30.4 Å². The van der Waals surface area contributed by atoms with Gasteiger partial charge in [0.25, 0.3) is 0 Å². The summed E-state index contributed by atoms with van der Waals surface area (Å²) in [6.07, 6.45) is 0.817. The number of para-hydroxylation sites is 2. The number of nitrogens with one attached hydrogen (secondary N) is 2. The Kier molecular flexibility index (Phi) is 6.57. The van der Waals surface area contributed by atoms with Crippen LogP contribution in [0.2, 0.25) is 0 Å². The first-order valence-corrected chi connectivity index (χ1v) is 8.14. The number of anilines is 1. The molecule has 132 valence electrons. The van der Waals surface area contributed by atoms with Crippen LogP contribution in [0.4, 0.5) is 5.69 Å². The van der Waals surface area contributed by atoms with Gasteiger partial charge in [-0.15, -0.1) is 0 Å². The minimum atomic E-state index is -0.629. The molecule has 2 atom stereocenters. The molecule has 1 heterocycles. The monoisotopic (exact) mass is 335 g/mol. The van der Waals surface area contributed by atoms with Gasteiger partial charge in [-0.2, -0.15) is 0 Å². The molecule has 0 spiro atoms. The summed E-state index contributed by atoms with van der Waals surface area (Å²) in [6.45, 7) is 4.79. The summed E-state index contributed by atoms with van der Waals surface area (Å²) in [7, 11) is 0. The molecule has 7 heteroatoms. The van der Waals surface area contributed by atoms with Crippen molar-refractivity contribution in [3.8, 4) is 5.75 Å². The normalized spacial score (nSPS) is 18.2. The molecule has 0 aliphatic carbocycles. The number of benzene rings is 1. The van der Waals surface area contributed by atoms with Gasteiger partial charge in [0.1, 0.15) is 11.9 Å². The third-order valence-corrected chi connectivity index (χ3v) is 3.79. The molecule has 0 aromatic heterocycles. The molecule has 1 aromatic rings. The number of nitrogens with two attached hydrogens (primary N) is 1. The zero-order valence-electron chi connectivity index (χ0n) is 14.1. The van der Waals surface area contributed by atoms with Crippen LogP contribution in [-0.2, 0) is 14.3 Å². The van der Waals surface area contributed by atoms with Crippen LogP contribution in [0.1, 0.15) is 20.3 Å². The van der Waals surface area contributed by atoms with E-state index in [9.17, 15) is 9.59 Å². The van der Waals surface area contributed by atoms with Gasteiger partial charge in [0.2, 0.25) is 11.8 Å². The molecule has 24 heavy (non-hydrogen) atoms. The van der Waals surface area contributed by atoms with E-state index in [1.54, 1.807) is 18.2 Å². The van der Waals surface area contributed by atoms with Crippen LogP contribution in [0.15, 0.2) is 24.3 Å². The van der Waals surface area contributed by atoms with E-state index in [2.05, 4.69) is 10.6 Å². The topological polar surface area (TPSA) is 103 Å². The number of carbonyl (C=O) groups is 2. The lowest BCUT2D eigenvalue weighted by Crippen LogP contribution is -2.46. The van der Waals surface area contributed by atoms with E-state index in [1.807, 2.05) is 19.9 Å². The SMILES string of the molecule is CC(C)[C@H](N)C(=O)NCC(=O)Nc1ccccc1OC1CCOC1. The van der Waals surface area contributed by atoms with Crippen molar-refractivity contribution >= 4 is 17.5 Å². The maximum Gasteiger partial charge on any atom is 0.243 e. The number of amides is 2. The van der Waals surface area contributed by atoms with Crippen molar-refractivity contribution in [2.24, 2.45) is 11.7 Å². The molecule has 0 bridgehead atoms. The maximum atomic E-state index is 12.1. The largest absolute Gasteiger partial charge is 0.486 e. The van der Waals surface area contributed by atoms with Gasteiger partial charge < -0.3 is 25.8 Å². The van der Waals surface area contributed by atoms with E-state index in [1.165, 1.54) is 0 Å². The Hall–Kier alpha value is -2.12. The zero-order valence-corrected chi connectivity index (χ0v) is 14.1. The molecule has 4 N–H and O–H groups in total. The number of hydrogen-bond donors (Lipinski definition) is 3. The summed E-state index contributed by atoms with van der Waals surface area (Å²) >= 11 is 0. The highest BCUT2D eigenvalue weighted by atomic mass is 16.5. The van der Waals surface area contributed by atoms with Gasteiger partial charge in [0.05, 0.1) is 31.5 Å². The fraction of sp³-hybridized carbons (Fsp3) is 0.529. The van der Waals surface area contributed by atoms with Gasteiger partial charge in [-0.3, -0.25) is 9.59 Å². The van der Waals surface area contributed by atoms with Gasteiger partial charge in [-0.05, 0) is 18.1 Å². The summed E-state index contributed by atoms with van der Waals surface area (Å²) < 4.78 is 11.1. The van der Waals surface area contributed by atoms with Gasteiger partial charge in [-0.1, -0.05) is 26.0 Å². The molecule has 2 rings (SSSR count). The third kappa shape index (κ3) is 5.21. The van der Waals surface area contributed by atoms with Gasteiger partial charge >= 0.3 is 0 Å². The minimum Gasteiger partial charge on any atom is -0.486 e. The summed E-state index contributed by atoms with van der Waals surface area (Å²) in [6, 6.07) is 6.56. The second kappa shape index (κ2) is 8.65. The van der Waals surface area contributed by atoms with Crippen LogP contribution in [0.25, 0.3) is 0 Å². The highest BCUT2D eigenvalue weighted by Crippen LogP contribution is 2.26. The lowest BCUT2D eigenvalue weighted by molar-refractivity contribution is -0.125. The Balaban J connectivity index is 1.88. The Bertz CT molecular complexity index is 571. The van der Waals surface area contributed by atoms with Crippen LogP contribution in [0, 0.1) is 5.92 Å². The van der Waals surface area contributed by atoms with Crippen LogP contribution in [0.3, 0.4) is 0 Å². The van der Waals surface area contributed by atoms with Crippen molar-refractivity contribution in [1.82, 2.24) is 5.32 Å². The molecule has 1 fully saturated rings. The van der Waals surface area contributed by atoms with Crippen molar-refractivity contribution in [1.29, 1.82) is 0 Å². The standard InChI is InChI=1S/C17H25N3O4/c1-11(2)16(18)17(22)19-9-15(21)20-13-5-3-4-6-14(13)24-12-7-8-23-10-12/h3-6,11-12,16H,7-10,18H2,1-2H3,(H,19,22)(H,20,21)/t12?,16-/m0/s1. The Morgan fingerprint density at radius 3 is 2.79 bits per heavy atom. The average molecular weight is 335 g/mol. The van der Waals surface area contributed by atoms with Crippen LogP contribution >= 0.6 is 0 Å². The maximum absolute atomic E-state index is 12.1. The minimum absolute atomic E-state index is 0.00760. The first-order chi connectivity index (χ1) is 11.5. The lowest BCUT2D eigenvalue weighted by Gasteiger charge is -2.17. The molecule has 1 aliphatic rings. The van der Waals surface area contributed by atoms with Gasteiger partial charge in [0.15, 0.2) is 0 Å². The van der Waals surface area contributed by atoms with Crippen molar-refractivity contribution < 1.29 is 19.1 Å². The number of hydrogen-bond acceptors (Lipinski definition) is 5. The number of ether oxygens (including phenoxy) is 2. The third-order valence-electron chi connectivity index (χ3n) is 3.79. The van der Waals surface area contributed by atoms with Crippen molar-refractivity contribution in [2.45, 2.75) is 32.4 Å². The molecule has 1 aromatic carbocycles. The molecule has 0 radical (unpaired) electrons. The molecule has 1 unspecified atom stereocenters. The number of rotatable bonds is 7. The Labute approximate surface area is 141 Å². The van der Waals surface area contributed by atoms with Crippen molar-refractivity contribution in [2.75, 3.05) is 25.1 Å². The number of carbonyl (C=O) groups excluding carboxylic acids is 2. The average Bonchev–Trinajstić information content (AvgIpc) is 3.06. The van der Waals surface area contributed by atoms with Crippen LogP contribution in [-0.4, -0.2) is 43.7 Å². The molecule has 1 saturated heterocycles. The van der Waals surface area contributed by atoms with E-state index < -0.39 is 6.04 Å². The highest BCUT2D eigenvalue weighted by molar-refractivity contribution is 5.96. The fourth-order valence-electron chi connectivity index (χ4n) is 2.24. The highest BCUT2D eigenvalue weighted by Gasteiger charge is 2.20. The molecule has 2 amide bonds. The van der Waals surface area contributed by atoms with Crippen molar-refractivity contribution in [3.63, 3.8) is 0 Å². The first-order valence-electron chi connectivity index (χ1n) is 8.14. The van der Waals surface area contributed by atoms with E-state index >= 15 is 0 Å². The molecular formula is C17H25N3O4. The van der Waals surface area contributed by atoms with E-state index in [0.717, 1.165) is 6.42 Å². The predicted octanol–water partition coefficient (Wildman–Crippen LogP) is 0.892. The van der Waals surface area contributed by atoms with Crippen LogP contribution in [0.5, 0.6) is 5.75 Å². The quantitative estimate of drug-likeness (QED) is 0.687.